The summed E-state index contributed by atoms with van der Waals surface area (Å²) < 4.78 is 0. The highest BCUT2D eigenvalue weighted by molar-refractivity contribution is 5.94. The topological polar surface area (TPSA) is 32.3 Å². The van der Waals surface area contributed by atoms with Crippen LogP contribution in [0.1, 0.15) is 49.5 Å². The van der Waals surface area contributed by atoms with Gasteiger partial charge < -0.3 is 10.2 Å². The maximum atomic E-state index is 12.3. The standard InChI is InChI=1S/C17H26N2O/c1-17(2,3)14-8-5-7-13(11-14)16(20)18-12-15-9-6-10-19(15)4/h5,7-8,11,15H,6,9-10,12H2,1-4H3,(H,18,20). The average molecular weight is 274 g/mol. The van der Waals surface area contributed by atoms with Gasteiger partial charge >= 0.3 is 0 Å². The second-order valence-electron chi connectivity index (χ2n) is 6.82. The van der Waals surface area contributed by atoms with Gasteiger partial charge in [0.15, 0.2) is 0 Å². The fourth-order valence-corrected chi connectivity index (χ4v) is 2.68. The monoisotopic (exact) mass is 274 g/mol. The lowest BCUT2D eigenvalue weighted by Gasteiger charge is -2.21. The van der Waals surface area contributed by atoms with E-state index in [2.05, 4.69) is 44.1 Å². The Balaban J connectivity index is 1.99. The molecule has 1 aromatic rings. The second kappa shape index (κ2) is 5.96. The van der Waals surface area contributed by atoms with Crippen LogP contribution in [0.25, 0.3) is 0 Å². The van der Waals surface area contributed by atoms with Gasteiger partial charge in [0.2, 0.25) is 0 Å². The summed E-state index contributed by atoms with van der Waals surface area (Å²) in [6.07, 6.45) is 2.41. The van der Waals surface area contributed by atoms with Gasteiger partial charge in [-0.1, -0.05) is 32.9 Å². The van der Waals surface area contributed by atoms with Crippen molar-refractivity contribution in [1.82, 2.24) is 10.2 Å². The van der Waals surface area contributed by atoms with Crippen molar-refractivity contribution in [2.75, 3.05) is 20.1 Å². The van der Waals surface area contributed by atoms with Gasteiger partial charge in [0, 0.05) is 18.2 Å². The van der Waals surface area contributed by atoms with E-state index in [1.54, 1.807) is 0 Å². The largest absolute Gasteiger partial charge is 0.350 e. The Morgan fingerprint density at radius 1 is 1.40 bits per heavy atom. The van der Waals surface area contributed by atoms with E-state index >= 15 is 0 Å². The number of likely N-dealkylation sites (tertiary alicyclic amines) is 1. The van der Waals surface area contributed by atoms with Gasteiger partial charge in [-0.05, 0) is 49.5 Å². The van der Waals surface area contributed by atoms with Crippen molar-refractivity contribution in [1.29, 1.82) is 0 Å². The smallest absolute Gasteiger partial charge is 0.251 e. The number of hydrogen-bond donors (Lipinski definition) is 1. The Bertz CT molecular complexity index is 476. The number of likely N-dealkylation sites (N-methyl/N-ethyl adjacent to an activating group) is 1. The molecular weight excluding hydrogens is 248 g/mol. The summed E-state index contributed by atoms with van der Waals surface area (Å²) >= 11 is 0. The molecule has 1 aliphatic rings. The second-order valence-corrected chi connectivity index (χ2v) is 6.82. The number of benzene rings is 1. The fourth-order valence-electron chi connectivity index (χ4n) is 2.68. The lowest BCUT2D eigenvalue weighted by atomic mass is 9.86. The Kier molecular flexibility index (Phi) is 4.48. The van der Waals surface area contributed by atoms with E-state index in [9.17, 15) is 4.79 Å². The maximum Gasteiger partial charge on any atom is 0.251 e. The van der Waals surface area contributed by atoms with Crippen LogP contribution in [0.5, 0.6) is 0 Å². The van der Waals surface area contributed by atoms with E-state index in [-0.39, 0.29) is 11.3 Å². The minimum atomic E-state index is 0.0383. The van der Waals surface area contributed by atoms with Gasteiger partial charge in [-0.25, -0.2) is 0 Å². The average Bonchev–Trinajstić information content (AvgIpc) is 2.81. The molecule has 1 atom stereocenters. The number of rotatable bonds is 3. The molecule has 3 heteroatoms. The molecule has 3 nitrogen and oxygen atoms in total. The molecule has 1 saturated heterocycles. The molecule has 0 saturated carbocycles. The van der Waals surface area contributed by atoms with Gasteiger partial charge in [0.05, 0.1) is 0 Å². The highest BCUT2D eigenvalue weighted by Crippen LogP contribution is 2.22. The molecule has 1 fully saturated rings. The molecule has 1 aliphatic heterocycles. The van der Waals surface area contributed by atoms with Crippen LogP contribution in [0.2, 0.25) is 0 Å². The number of nitrogens with one attached hydrogen (secondary N) is 1. The zero-order valence-corrected chi connectivity index (χ0v) is 13.1. The first-order valence-corrected chi connectivity index (χ1v) is 7.47. The number of nitrogens with zero attached hydrogens (tertiary/aromatic N) is 1. The molecule has 2 rings (SSSR count). The zero-order valence-electron chi connectivity index (χ0n) is 13.1. The SMILES string of the molecule is CN1CCCC1CNC(=O)c1cccc(C(C)(C)C)c1. The third-order valence-corrected chi connectivity index (χ3v) is 4.16. The predicted octanol–water partition coefficient (Wildman–Crippen LogP) is 2.81. The predicted molar refractivity (Wildman–Crippen MR) is 83.1 cm³/mol. The molecule has 0 radical (unpaired) electrons. The van der Waals surface area contributed by atoms with Crippen LogP contribution in [0.4, 0.5) is 0 Å². The van der Waals surface area contributed by atoms with E-state index in [0.717, 1.165) is 18.7 Å². The van der Waals surface area contributed by atoms with Crippen molar-refractivity contribution >= 4 is 5.91 Å². The molecule has 0 bridgehead atoms. The van der Waals surface area contributed by atoms with Gasteiger partial charge in [-0.15, -0.1) is 0 Å². The van der Waals surface area contributed by atoms with E-state index in [4.69, 9.17) is 0 Å². The molecule has 110 valence electrons. The summed E-state index contributed by atoms with van der Waals surface area (Å²) in [4.78, 5) is 14.6. The van der Waals surface area contributed by atoms with Crippen LogP contribution >= 0.6 is 0 Å². The van der Waals surface area contributed by atoms with Crippen LogP contribution in [0.15, 0.2) is 24.3 Å². The summed E-state index contributed by atoms with van der Waals surface area (Å²) in [7, 11) is 2.13. The van der Waals surface area contributed by atoms with E-state index < -0.39 is 0 Å². The first kappa shape index (κ1) is 15.0. The highest BCUT2D eigenvalue weighted by atomic mass is 16.1. The minimum Gasteiger partial charge on any atom is -0.350 e. The van der Waals surface area contributed by atoms with Crippen LogP contribution in [-0.4, -0.2) is 37.0 Å². The van der Waals surface area contributed by atoms with E-state index in [0.29, 0.717) is 6.04 Å². The molecule has 1 heterocycles. The third-order valence-electron chi connectivity index (χ3n) is 4.16. The first-order valence-electron chi connectivity index (χ1n) is 7.47. The summed E-state index contributed by atoms with van der Waals surface area (Å²) in [5.41, 5.74) is 2.03. The molecule has 0 spiro atoms. The van der Waals surface area contributed by atoms with Gasteiger partial charge in [-0.2, -0.15) is 0 Å². The normalized spacial score (nSPS) is 20.1. The number of carbonyl (C=O) groups excluding carboxylic acids is 1. The van der Waals surface area contributed by atoms with Crippen LogP contribution in [0.3, 0.4) is 0 Å². The van der Waals surface area contributed by atoms with Gasteiger partial charge in [0.1, 0.15) is 0 Å². The Morgan fingerprint density at radius 3 is 2.75 bits per heavy atom. The Morgan fingerprint density at radius 2 is 2.15 bits per heavy atom. The fraction of sp³-hybridized carbons (Fsp3) is 0.588. The van der Waals surface area contributed by atoms with E-state index in [1.807, 2.05) is 18.2 Å². The molecule has 1 aromatic carbocycles. The van der Waals surface area contributed by atoms with E-state index in [1.165, 1.54) is 18.4 Å². The third kappa shape index (κ3) is 3.60. The molecule has 0 aromatic heterocycles. The first-order chi connectivity index (χ1) is 9.38. The van der Waals surface area contributed by atoms with Crippen LogP contribution in [0, 0.1) is 0 Å². The number of carbonyl (C=O) groups is 1. The maximum absolute atomic E-state index is 12.3. The van der Waals surface area contributed by atoms with Crippen LogP contribution < -0.4 is 5.32 Å². The molecule has 20 heavy (non-hydrogen) atoms. The summed E-state index contributed by atoms with van der Waals surface area (Å²) in [5.74, 6) is 0.0383. The van der Waals surface area contributed by atoms with Crippen molar-refractivity contribution in [2.24, 2.45) is 0 Å². The van der Waals surface area contributed by atoms with Crippen molar-refractivity contribution < 1.29 is 4.79 Å². The minimum absolute atomic E-state index is 0.0383. The Hall–Kier alpha value is -1.35. The van der Waals surface area contributed by atoms with Crippen molar-refractivity contribution in [2.45, 2.75) is 45.1 Å². The molecular formula is C17H26N2O. The highest BCUT2D eigenvalue weighted by Gasteiger charge is 2.21. The lowest BCUT2D eigenvalue weighted by Crippen LogP contribution is -2.38. The summed E-state index contributed by atoms with van der Waals surface area (Å²) in [5, 5.41) is 3.07. The molecule has 0 aliphatic carbocycles. The van der Waals surface area contributed by atoms with Gasteiger partial charge in [-0.3, -0.25) is 4.79 Å². The number of hydrogen-bond acceptors (Lipinski definition) is 2. The van der Waals surface area contributed by atoms with Crippen molar-refractivity contribution in [3.05, 3.63) is 35.4 Å². The van der Waals surface area contributed by atoms with Crippen LogP contribution in [-0.2, 0) is 5.41 Å². The lowest BCUT2D eigenvalue weighted by molar-refractivity contribution is 0.0943. The summed E-state index contributed by atoms with van der Waals surface area (Å²) in [6.45, 7) is 8.38. The van der Waals surface area contributed by atoms with Gasteiger partial charge in [0.25, 0.3) is 5.91 Å². The number of amides is 1. The Labute approximate surface area is 122 Å². The zero-order chi connectivity index (χ0) is 14.8. The molecule has 1 unspecified atom stereocenters. The molecule has 1 N–H and O–H groups in total. The summed E-state index contributed by atoms with van der Waals surface area (Å²) in [6, 6.07) is 8.44. The molecule has 1 amide bonds. The quantitative estimate of drug-likeness (QED) is 0.919. The van der Waals surface area contributed by atoms with Crippen molar-refractivity contribution in [3.8, 4) is 0 Å². The van der Waals surface area contributed by atoms with Crippen molar-refractivity contribution in [3.63, 3.8) is 0 Å².